The van der Waals surface area contributed by atoms with Crippen molar-refractivity contribution in [2.45, 2.75) is 112 Å². The number of nitrogens with one attached hydrogen (secondary N) is 6. The van der Waals surface area contributed by atoms with Crippen LogP contribution in [0.4, 0.5) is 21.0 Å². The average Bonchev–Trinajstić information content (AvgIpc) is 3.98. The fourth-order valence-corrected chi connectivity index (χ4v) is 10.4. The molecule has 2 aliphatic heterocycles. The fraction of sp³-hybridized carbons (Fsp3) is 0.514. The van der Waals surface area contributed by atoms with Gasteiger partial charge in [-0.05, 0) is 98.2 Å². The first-order valence-electron chi connectivity index (χ1n) is 18.9. The van der Waals surface area contributed by atoms with Crippen LogP contribution in [-0.4, -0.2) is 76.9 Å². The molecule has 6 amide bonds. The van der Waals surface area contributed by atoms with Crippen LogP contribution in [0.25, 0.3) is 0 Å². The SMILES string of the molecule is O=C(CCCC[C@@H]1SC[C@@H]2NC(=O)N[C@@H]21)NCCCn1cc(CCC(=O)Nc2cccc(S(=O)(=O)NC(=O)Nc3c4c(cc5c3CCC5)CCC4)c2)nn1. The Morgan fingerprint density at radius 1 is 0.926 bits per heavy atom. The van der Waals surface area contributed by atoms with E-state index in [1.165, 1.54) is 29.3 Å². The van der Waals surface area contributed by atoms with Crippen molar-refractivity contribution in [2.24, 2.45) is 0 Å². The van der Waals surface area contributed by atoms with Gasteiger partial charge in [0.05, 0.1) is 22.7 Å². The lowest BCUT2D eigenvalue weighted by molar-refractivity contribution is -0.121. The van der Waals surface area contributed by atoms with Crippen LogP contribution in [0, 0.1) is 0 Å². The number of sulfonamides is 1. The van der Waals surface area contributed by atoms with E-state index in [2.05, 4.69) is 47.7 Å². The number of rotatable bonds is 16. The normalized spacial score (nSPS) is 19.7. The number of unbranched alkanes of at least 4 members (excludes halogenated alkanes) is 1. The summed E-state index contributed by atoms with van der Waals surface area (Å²) in [5.41, 5.74) is 6.35. The third-order valence-electron chi connectivity index (χ3n) is 10.5. The van der Waals surface area contributed by atoms with Crippen molar-refractivity contribution in [3.63, 3.8) is 0 Å². The molecule has 2 fully saturated rings. The first-order chi connectivity index (χ1) is 26.1. The monoisotopic (exact) mass is 777 g/mol. The smallest absolute Gasteiger partial charge is 0.333 e. The van der Waals surface area contributed by atoms with Gasteiger partial charge in [-0.1, -0.05) is 23.8 Å². The molecule has 0 spiro atoms. The van der Waals surface area contributed by atoms with E-state index >= 15 is 0 Å². The Labute approximate surface area is 319 Å². The molecule has 2 saturated heterocycles. The highest BCUT2D eigenvalue weighted by Crippen LogP contribution is 2.38. The average molecular weight is 778 g/mol. The van der Waals surface area contributed by atoms with E-state index < -0.39 is 16.1 Å². The molecule has 0 saturated carbocycles. The lowest BCUT2D eigenvalue weighted by atomic mass is 9.99. The van der Waals surface area contributed by atoms with Crippen molar-refractivity contribution in [3.05, 3.63) is 64.5 Å². The Morgan fingerprint density at radius 3 is 2.52 bits per heavy atom. The summed E-state index contributed by atoms with van der Waals surface area (Å²) in [6, 6.07) is 7.54. The molecular weight excluding hydrogens is 731 g/mol. The van der Waals surface area contributed by atoms with Crippen molar-refractivity contribution < 1.29 is 27.6 Å². The second-order valence-electron chi connectivity index (χ2n) is 14.4. The molecule has 0 unspecified atom stereocenters. The van der Waals surface area contributed by atoms with Gasteiger partial charge in [-0.2, -0.15) is 11.8 Å². The molecule has 6 N–H and O–H groups in total. The van der Waals surface area contributed by atoms with Crippen LogP contribution in [0.1, 0.15) is 79.3 Å². The van der Waals surface area contributed by atoms with Crippen LogP contribution in [0.2, 0.25) is 0 Å². The third kappa shape index (κ3) is 9.17. The molecule has 54 heavy (non-hydrogen) atoms. The Balaban J connectivity index is 0.795. The molecule has 3 aromatic rings. The number of carbonyl (C=O) groups excluding carboxylic acids is 4. The van der Waals surface area contributed by atoms with E-state index in [9.17, 15) is 27.6 Å². The number of carbonyl (C=O) groups is 4. The van der Waals surface area contributed by atoms with Gasteiger partial charge in [0.2, 0.25) is 11.8 Å². The molecule has 7 rings (SSSR count). The molecule has 15 nitrogen and oxygen atoms in total. The minimum Gasteiger partial charge on any atom is -0.356 e. The van der Waals surface area contributed by atoms with Gasteiger partial charge in [-0.25, -0.2) is 22.7 Å². The van der Waals surface area contributed by atoms with Gasteiger partial charge in [-0.15, -0.1) is 5.10 Å². The number of nitrogens with zero attached hydrogens (tertiary/aromatic N) is 3. The van der Waals surface area contributed by atoms with Crippen molar-refractivity contribution in [3.8, 4) is 0 Å². The summed E-state index contributed by atoms with van der Waals surface area (Å²) in [7, 11) is -4.22. The summed E-state index contributed by atoms with van der Waals surface area (Å²) in [6.45, 7) is 1.08. The standard InChI is InChI=1S/C37H47N9O6S2/c47-32(14-2-1-13-31-35-30(22-53-31)40-36(49)42-35)38-17-6-18-46-21-26(43-45-46)15-16-33(48)39-25-9-5-10-27(20-25)54(51,52)44-37(50)41-34-28-11-3-7-23(28)19-24-8-4-12-29(24)34/h5,9-10,19-21,30-31,35H,1-4,6-8,11-18,22H2,(H,38,47)(H,39,48)(H2,40,42,49)(H2,41,44,50)/t30-,31-,35-/m0/s1. The molecule has 4 aliphatic rings. The molecule has 0 radical (unpaired) electrons. The minimum absolute atomic E-state index is 0.0197. The number of aryl methyl sites for hydroxylation is 4. The number of thioether (sulfide) groups is 1. The lowest BCUT2D eigenvalue weighted by Crippen LogP contribution is -2.36. The number of hydrogen-bond donors (Lipinski definition) is 6. The topological polar surface area (TPSA) is 205 Å². The molecule has 3 heterocycles. The molecule has 1 aromatic heterocycles. The van der Waals surface area contributed by atoms with E-state index in [-0.39, 0.29) is 46.9 Å². The highest BCUT2D eigenvalue weighted by Gasteiger charge is 2.42. The van der Waals surface area contributed by atoms with Gasteiger partial charge in [0.15, 0.2) is 0 Å². The van der Waals surface area contributed by atoms with Crippen molar-refractivity contribution >= 4 is 57.0 Å². The van der Waals surface area contributed by atoms with E-state index in [0.29, 0.717) is 43.3 Å². The van der Waals surface area contributed by atoms with Crippen LogP contribution in [0.15, 0.2) is 41.4 Å². The van der Waals surface area contributed by atoms with Gasteiger partial charge in [0, 0.05) is 60.9 Å². The maximum atomic E-state index is 13.2. The predicted molar refractivity (Wildman–Crippen MR) is 205 cm³/mol. The Morgan fingerprint density at radius 2 is 1.72 bits per heavy atom. The van der Waals surface area contributed by atoms with E-state index in [1.807, 2.05) is 11.8 Å². The molecular formula is C37H47N9O6S2. The highest BCUT2D eigenvalue weighted by atomic mass is 32.2. The summed E-state index contributed by atoms with van der Waals surface area (Å²) in [5, 5.41) is 23.2. The predicted octanol–water partition coefficient (Wildman–Crippen LogP) is 3.57. The summed E-state index contributed by atoms with van der Waals surface area (Å²) in [5.74, 6) is 0.627. The number of benzene rings is 2. The van der Waals surface area contributed by atoms with Gasteiger partial charge in [0.25, 0.3) is 10.0 Å². The second kappa shape index (κ2) is 16.8. The number of urea groups is 2. The second-order valence-corrected chi connectivity index (χ2v) is 17.4. The largest absolute Gasteiger partial charge is 0.356 e. The van der Waals surface area contributed by atoms with Crippen molar-refractivity contribution in [2.75, 3.05) is 22.9 Å². The van der Waals surface area contributed by atoms with Crippen LogP contribution in [-0.2, 0) is 58.3 Å². The first kappa shape index (κ1) is 37.7. The third-order valence-corrected chi connectivity index (χ3v) is 13.4. The summed E-state index contributed by atoms with van der Waals surface area (Å²) >= 11 is 1.88. The van der Waals surface area contributed by atoms with Gasteiger partial charge in [-0.3, -0.25) is 14.3 Å². The molecule has 2 aromatic carbocycles. The maximum absolute atomic E-state index is 13.2. The van der Waals surface area contributed by atoms with Crippen LogP contribution in [0.3, 0.4) is 0 Å². The molecule has 3 atom stereocenters. The molecule has 2 aliphatic carbocycles. The Bertz CT molecular complexity index is 1990. The molecule has 288 valence electrons. The summed E-state index contributed by atoms with van der Waals surface area (Å²) in [4.78, 5) is 49.4. The zero-order chi connectivity index (χ0) is 37.7. The van der Waals surface area contributed by atoms with Gasteiger partial charge in [0.1, 0.15) is 0 Å². The van der Waals surface area contributed by atoms with Crippen LogP contribution < -0.4 is 31.3 Å². The Hall–Kier alpha value is -4.64. The van der Waals surface area contributed by atoms with E-state index in [0.717, 1.165) is 80.4 Å². The quantitative estimate of drug-likeness (QED) is 0.0928. The number of aromatic nitrogens is 3. The molecule has 17 heteroatoms. The maximum Gasteiger partial charge on any atom is 0.333 e. The van der Waals surface area contributed by atoms with Gasteiger partial charge >= 0.3 is 12.1 Å². The molecule has 0 bridgehead atoms. The zero-order valence-corrected chi connectivity index (χ0v) is 31.8. The van der Waals surface area contributed by atoms with Crippen molar-refractivity contribution in [1.29, 1.82) is 0 Å². The van der Waals surface area contributed by atoms with Crippen LogP contribution in [0.5, 0.6) is 0 Å². The van der Waals surface area contributed by atoms with Gasteiger partial charge < -0.3 is 26.6 Å². The number of fused-ring (bicyclic) bond motifs is 3. The fourth-order valence-electron chi connectivity index (χ4n) is 7.89. The number of amides is 6. The Kier molecular flexibility index (Phi) is 11.7. The van der Waals surface area contributed by atoms with E-state index in [4.69, 9.17) is 0 Å². The lowest BCUT2D eigenvalue weighted by Gasteiger charge is -2.16. The minimum atomic E-state index is -4.22. The van der Waals surface area contributed by atoms with Crippen LogP contribution >= 0.6 is 11.8 Å². The first-order valence-corrected chi connectivity index (χ1v) is 21.4. The highest BCUT2D eigenvalue weighted by molar-refractivity contribution is 8.00. The zero-order valence-electron chi connectivity index (χ0n) is 30.1. The summed E-state index contributed by atoms with van der Waals surface area (Å²) < 4.78 is 30.2. The number of hydrogen-bond acceptors (Lipinski definition) is 9. The van der Waals surface area contributed by atoms with E-state index in [1.54, 1.807) is 16.9 Å². The van der Waals surface area contributed by atoms with Crippen molar-refractivity contribution in [1.82, 2.24) is 35.7 Å². The number of anilines is 2. The summed E-state index contributed by atoms with van der Waals surface area (Å²) in [6.07, 6.45) is 11.7.